The predicted molar refractivity (Wildman–Crippen MR) is 145 cm³/mol. The zero-order valence-corrected chi connectivity index (χ0v) is 21.5. The van der Waals surface area contributed by atoms with Gasteiger partial charge in [0.25, 0.3) is 0 Å². The molecule has 12 nitrogen and oxygen atoms in total. The fourth-order valence-electron chi connectivity index (χ4n) is 3.64. The number of rotatable bonds is 8. The van der Waals surface area contributed by atoms with Crippen LogP contribution < -0.4 is 16.4 Å². The Morgan fingerprint density at radius 2 is 1.95 bits per heavy atom. The van der Waals surface area contributed by atoms with Crippen LogP contribution in [0, 0.1) is 10.1 Å². The SMILES string of the molecule is C/C(=N\c1cnc(NCCNc2ccc([N+](=O)[O-])c(N)n2)nc1-c1ccc(Cl)cc1Cl)N1CCOCC1. The molecule has 0 radical (unpaired) electrons. The Morgan fingerprint density at radius 1 is 1.19 bits per heavy atom. The summed E-state index contributed by atoms with van der Waals surface area (Å²) in [5.41, 5.74) is 7.21. The van der Waals surface area contributed by atoms with Crippen molar-refractivity contribution in [1.82, 2.24) is 19.9 Å². The van der Waals surface area contributed by atoms with Crippen molar-refractivity contribution in [2.45, 2.75) is 6.92 Å². The molecule has 1 aromatic carbocycles. The van der Waals surface area contributed by atoms with E-state index in [0.29, 0.717) is 65.1 Å². The third-order valence-corrected chi connectivity index (χ3v) is 6.07. The van der Waals surface area contributed by atoms with Gasteiger partial charge in [-0.1, -0.05) is 23.2 Å². The molecule has 0 aliphatic carbocycles. The third kappa shape index (κ3) is 6.73. The van der Waals surface area contributed by atoms with Crippen LogP contribution in [0.25, 0.3) is 11.3 Å². The highest BCUT2D eigenvalue weighted by atomic mass is 35.5. The Labute approximate surface area is 223 Å². The van der Waals surface area contributed by atoms with Crippen LogP contribution in [0.1, 0.15) is 6.92 Å². The highest BCUT2D eigenvalue weighted by Crippen LogP contribution is 2.35. The number of nitro groups is 1. The second-order valence-electron chi connectivity index (χ2n) is 8.02. The number of anilines is 3. The largest absolute Gasteiger partial charge is 0.378 e. The average molecular weight is 546 g/mol. The monoisotopic (exact) mass is 545 g/mol. The first kappa shape index (κ1) is 26.3. The van der Waals surface area contributed by atoms with E-state index in [1.807, 2.05) is 6.92 Å². The van der Waals surface area contributed by atoms with Crippen LogP contribution in [0.15, 0.2) is 41.5 Å². The predicted octanol–water partition coefficient (Wildman–Crippen LogP) is 4.24. The van der Waals surface area contributed by atoms with E-state index in [-0.39, 0.29) is 11.5 Å². The number of hydrogen-bond donors (Lipinski definition) is 3. The molecule has 0 spiro atoms. The molecular formula is C23H25Cl2N9O3. The summed E-state index contributed by atoms with van der Waals surface area (Å²) >= 11 is 12.6. The fourth-order valence-corrected chi connectivity index (χ4v) is 4.14. The van der Waals surface area contributed by atoms with Crippen LogP contribution in [0.5, 0.6) is 0 Å². The summed E-state index contributed by atoms with van der Waals surface area (Å²) in [4.78, 5) is 30.4. The molecule has 1 aliphatic heterocycles. The minimum Gasteiger partial charge on any atom is -0.378 e. The van der Waals surface area contributed by atoms with Gasteiger partial charge < -0.3 is 26.0 Å². The van der Waals surface area contributed by atoms with Gasteiger partial charge in [-0.15, -0.1) is 0 Å². The van der Waals surface area contributed by atoms with Gasteiger partial charge >= 0.3 is 5.69 Å². The number of ether oxygens (including phenoxy) is 1. The number of amidine groups is 1. The van der Waals surface area contributed by atoms with Gasteiger partial charge in [-0.2, -0.15) is 0 Å². The van der Waals surface area contributed by atoms with Crippen molar-refractivity contribution in [3.8, 4) is 11.3 Å². The lowest BCUT2D eigenvalue weighted by molar-refractivity contribution is -0.384. The van der Waals surface area contributed by atoms with Crippen LogP contribution in [0.3, 0.4) is 0 Å². The number of nitrogens with two attached hydrogens (primary N) is 1. The second kappa shape index (κ2) is 12.0. The Bertz CT molecular complexity index is 1320. The van der Waals surface area contributed by atoms with Gasteiger partial charge in [-0.3, -0.25) is 10.1 Å². The second-order valence-corrected chi connectivity index (χ2v) is 8.87. The summed E-state index contributed by atoms with van der Waals surface area (Å²) in [7, 11) is 0. The van der Waals surface area contributed by atoms with E-state index >= 15 is 0 Å². The van der Waals surface area contributed by atoms with Crippen LogP contribution in [0.2, 0.25) is 10.0 Å². The molecule has 3 heterocycles. The summed E-state index contributed by atoms with van der Waals surface area (Å²) in [6, 6.07) is 8.00. The van der Waals surface area contributed by atoms with Crippen LogP contribution in [-0.4, -0.2) is 70.0 Å². The van der Waals surface area contributed by atoms with E-state index < -0.39 is 4.92 Å². The minimum absolute atomic E-state index is 0.153. The van der Waals surface area contributed by atoms with Crippen molar-refractivity contribution in [2.75, 3.05) is 55.8 Å². The van der Waals surface area contributed by atoms with E-state index in [4.69, 9.17) is 38.7 Å². The number of nitrogens with zero attached hydrogens (tertiary/aromatic N) is 6. The van der Waals surface area contributed by atoms with E-state index in [1.165, 1.54) is 12.1 Å². The minimum atomic E-state index is -0.578. The van der Waals surface area contributed by atoms with Gasteiger partial charge in [0.15, 0.2) is 0 Å². The van der Waals surface area contributed by atoms with Crippen molar-refractivity contribution in [2.24, 2.45) is 4.99 Å². The number of hydrogen-bond acceptors (Lipinski definition) is 10. The molecule has 1 fully saturated rings. The van der Waals surface area contributed by atoms with Gasteiger partial charge in [0, 0.05) is 42.8 Å². The Kier molecular flexibility index (Phi) is 8.54. The maximum atomic E-state index is 10.9. The molecule has 0 amide bonds. The fraction of sp³-hybridized carbons (Fsp3) is 0.304. The molecule has 4 N–H and O–H groups in total. The molecule has 1 saturated heterocycles. The van der Waals surface area contributed by atoms with Crippen molar-refractivity contribution < 1.29 is 9.66 Å². The van der Waals surface area contributed by atoms with E-state index in [1.54, 1.807) is 24.4 Å². The molecule has 0 saturated carbocycles. The number of aliphatic imine (C=N–C) groups is 1. The lowest BCUT2D eigenvalue weighted by atomic mass is 10.1. The molecule has 4 rings (SSSR count). The molecule has 3 aromatic rings. The maximum Gasteiger partial charge on any atom is 0.311 e. The normalized spacial score (nSPS) is 13.9. The molecule has 1 aliphatic rings. The lowest BCUT2D eigenvalue weighted by Crippen LogP contribution is -2.39. The van der Waals surface area contributed by atoms with Crippen LogP contribution >= 0.6 is 23.2 Å². The number of halogens is 2. The third-order valence-electron chi connectivity index (χ3n) is 5.52. The molecule has 0 bridgehead atoms. The molecule has 37 heavy (non-hydrogen) atoms. The number of benzene rings is 1. The van der Waals surface area contributed by atoms with Gasteiger partial charge in [0.1, 0.15) is 23.0 Å². The van der Waals surface area contributed by atoms with E-state index in [0.717, 1.165) is 18.9 Å². The zero-order valence-electron chi connectivity index (χ0n) is 19.9. The van der Waals surface area contributed by atoms with Gasteiger partial charge in [0.05, 0.1) is 29.4 Å². The van der Waals surface area contributed by atoms with Crippen LogP contribution in [0.4, 0.5) is 29.0 Å². The highest BCUT2D eigenvalue weighted by Gasteiger charge is 2.17. The number of nitrogens with one attached hydrogen (secondary N) is 2. The van der Waals surface area contributed by atoms with Crippen molar-refractivity contribution in [3.63, 3.8) is 0 Å². The van der Waals surface area contributed by atoms with Crippen LogP contribution in [-0.2, 0) is 4.74 Å². The lowest BCUT2D eigenvalue weighted by Gasteiger charge is -2.28. The first-order chi connectivity index (χ1) is 17.8. The molecule has 194 valence electrons. The van der Waals surface area contributed by atoms with Gasteiger partial charge in [-0.25, -0.2) is 19.9 Å². The Hall–Kier alpha value is -3.74. The molecule has 0 atom stereocenters. The van der Waals surface area contributed by atoms with Gasteiger partial charge in [-0.05, 0) is 31.2 Å². The molecule has 14 heteroatoms. The number of pyridine rings is 1. The topological polar surface area (TPSA) is 157 Å². The van der Waals surface area contributed by atoms with E-state index in [9.17, 15) is 10.1 Å². The molecular weight excluding hydrogens is 521 g/mol. The summed E-state index contributed by atoms with van der Waals surface area (Å²) in [6.45, 7) is 5.62. The first-order valence-electron chi connectivity index (χ1n) is 11.4. The van der Waals surface area contributed by atoms with E-state index in [2.05, 4.69) is 30.5 Å². The van der Waals surface area contributed by atoms with Crippen molar-refractivity contribution >= 4 is 58.0 Å². The highest BCUT2D eigenvalue weighted by molar-refractivity contribution is 6.36. The number of nitrogen functional groups attached to an aromatic ring is 1. The first-order valence-corrected chi connectivity index (χ1v) is 12.2. The zero-order chi connectivity index (χ0) is 26.4. The smallest absolute Gasteiger partial charge is 0.311 e. The quantitative estimate of drug-likeness (QED) is 0.123. The summed E-state index contributed by atoms with van der Waals surface area (Å²) < 4.78 is 5.43. The molecule has 0 unspecified atom stereocenters. The Balaban J connectivity index is 1.50. The average Bonchev–Trinajstić information content (AvgIpc) is 2.88. The summed E-state index contributed by atoms with van der Waals surface area (Å²) in [6.07, 6.45) is 1.64. The van der Waals surface area contributed by atoms with Crippen molar-refractivity contribution in [3.05, 3.63) is 56.7 Å². The standard InChI is InChI=1S/C23H25Cl2N9O3/c1-14(33-8-10-37-11-9-33)30-18-13-29-23(32-21(18)16-3-2-15(24)12-17(16)25)28-7-6-27-20-5-4-19(34(35)36)22(26)31-20/h2-5,12-13H,6-11H2,1H3,(H3,26,27,31)(H,28,29,32)/b30-14+. The molecule has 2 aromatic heterocycles. The van der Waals surface area contributed by atoms with Crippen molar-refractivity contribution in [1.29, 1.82) is 0 Å². The van der Waals surface area contributed by atoms with Gasteiger partial charge in [0.2, 0.25) is 11.8 Å². The summed E-state index contributed by atoms with van der Waals surface area (Å²) in [5, 5.41) is 18.1. The Morgan fingerprint density at radius 3 is 2.65 bits per heavy atom. The maximum absolute atomic E-state index is 10.9. The number of morpholine rings is 1. The summed E-state index contributed by atoms with van der Waals surface area (Å²) in [5.74, 6) is 1.47. The number of aromatic nitrogens is 3.